The average molecular weight is 323 g/mol. The standard InChI is InChI=1S/C17H17N5S/c1-11-12(2)23-15(19-11)7-9-22-10-8-18-17(22)16-20-13-5-3-4-6-14(13)21-16/h3-6,8,10H,7,9H2,1-2H3,(H,20,21). The molecule has 0 atom stereocenters. The molecule has 1 N–H and O–H groups in total. The number of nitrogens with zero attached hydrogens (tertiary/aromatic N) is 4. The van der Waals surface area contributed by atoms with Gasteiger partial charge in [-0.05, 0) is 26.0 Å². The van der Waals surface area contributed by atoms with E-state index in [4.69, 9.17) is 0 Å². The molecule has 0 saturated carbocycles. The Morgan fingerprint density at radius 1 is 1.17 bits per heavy atom. The van der Waals surface area contributed by atoms with Crippen LogP contribution in [0.1, 0.15) is 15.6 Å². The number of thiazole rings is 1. The fraction of sp³-hybridized carbons (Fsp3) is 0.235. The number of fused-ring (bicyclic) bond motifs is 1. The number of aromatic amines is 1. The van der Waals surface area contributed by atoms with Gasteiger partial charge in [0, 0.05) is 30.2 Å². The molecule has 3 aromatic heterocycles. The van der Waals surface area contributed by atoms with Crippen LogP contribution in [0.4, 0.5) is 0 Å². The molecule has 3 heterocycles. The topological polar surface area (TPSA) is 59.4 Å². The van der Waals surface area contributed by atoms with Gasteiger partial charge in [-0.1, -0.05) is 12.1 Å². The van der Waals surface area contributed by atoms with Crippen LogP contribution in [-0.2, 0) is 13.0 Å². The normalized spacial score (nSPS) is 11.4. The van der Waals surface area contributed by atoms with Gasteiger partial charge in [-0.15, -0.1) is 11.3 Å². The van der Waals surface area contributed by atoms with Gasteiger partial charge in [0.1, 0.15) is 0 Å². The van der Waals surface area contributed by atoms with Gasteiger partial charge in [-0.3, -0.25) is 0 Å². The number of aryl methyl sites for hydroxylation is 4. The number of rotatable bonds is 4. The van der Waals surface area contributed by atoms with Crippen LogP contribution in [0.25, 0.3) is 22.7 Å². The smallest absolute Gasteiger partial charge is 0.176 e. The minimum atomic E-state index is 0.808. The summed E-state index contributed by atoms with van der Waals surface area (Å²) in [5.41, 5.74) is 3.12. The van der Waals surface area contributed by atoms with Crippen LogP contribution in [0, 0.1) is 13.8 Å². The fourth-order valence-electron chi connectivity index (χ4n) is 2.63. The Morgan fingerprint density at radius 2 is 2.04 bits per heavy atom. The zero-order valence-electron chi connectivity index (χ0n) is 13.1. The predicted octanol–water partition coefficient (Wildman–Crippen LogP) is 3.74. The molecule has 0 unspecified atom stereocenters. The molecule has 0 bridgehead atoms. The number of para-hydroxylation sites is 2. The number of hydrogen-bond acceptors (Lipinski definition) is 4. The third-order valence-corrected chi connectivity index (χ3v) is 5.09. The lowest BCUT2D eigenvalue weighted by Gasteiger charge is -2.04. The van der Waals surface area contributed by atoms with Crippen LogP contribution < -0.4 is 0 Å². The Labute approximate surface area is 138 Å². The second-order valence-corrected chi connectivity index (χ2v) is 6.83. The summed E-state index contributed by atoms with van der Waals surface area (Å²) in [4.78, 5) is 18.4. The molecule has 5 nitrogen and oxygen atoms in total. The summed E-state index contributed by atoms with van der Waals surface area (Å²) >= 11 is 1.77. The highest BCUT2D eigenvalue weighted by atomic mass is 32.1. The molecule has 6 heteroatoms. The van der Waals surface area contributed by atoms with Crippen molar-refractivity contribution in [3.05, 3.63) is 52.2 Å². The molecule has 0 amide bonds. The second-order valence-electron chi connectivity index (χ2n) is 5.55. The Kier molecular flexibility index (Phi) is 3.46. The van der Waals surface area contributed by atoms with Crippen LogP contribution in [0.3, 0.4) is 0 Å². The maximum atomic E-state index is 4.64. The van der Waals surface area contributed by atoms with Gasteiger partial charge in [0.05, 0.1) is 21.7 Å². The van der Waals surface area contributed by atoms with E-state index in [1.54, 1.807) is 11.3 Å². The zero-order valence-corrected chi connectivity index (χ0v) is 13.9. The lowest BCUT2D eigenvalue weighted by molar-refractivity contribution is 0.696. The van der Waals surface area contributed by atoms with Crippen molar-refractivity contribution in [3.63, 3.8) is 0 Å². The van der Waals surface area contributed by atoms with E-state index in [0.29, 0.717) is 0 Å². The lowest BCUT2D eigenvalue weighted by Crippen LogP contribution is -2.03. The van der Waals surface area contributed by atoms with Crippen LogP contribution in [0.5, 0.6) is 0 Å². The molecule has 4 aromatic rings. The molecule has 0 aliphatic carbocycles. The zero-order chi connectivity index (χ0) is 15.8. The molecular weight excluding hydrogens is 306 g/mol. The van der Waals surface area contributed by atoms with Gasteiger partial charge in [-0.2, -0.15) is 0 Å². The number of hydrogen-bond donors (Lipinski definition) is 1. The highest BCUT2D eigenvalue weighted by Crippen LogP contribution is 2.21. The molecule has 0 saturated heterocycles. The fourth-order valence-corrected chi connectivity index (χ4v) is 3.55. The molecule has 0 fully saturated rings. The van der Waals surface area contributed by atoms with Crippen molar-refractivity contribution in [2.75, 3.05) is 0 Å². The molecule has 0 aliphatic heterocycles. The van der Waals surface area contributed by atoms with Crippen molar-refractivity contribution in [1.82, 2.24) is 24.5 Å². The van der Waals surface area contributed by atoms with Crippen LogP contribution >= 0.6 is 11.3 Å². The minimum absolute atomic E-state index is 0.808. The molecule has 0 aliphatic rings. The molecule has 0 spiro atoms. The summed E-state index contributed by atoms with van der Waals surface area (Å²) in [6.07, 6.45) is 4.72. The number of aromatic nitrogens is 5. The Hall–Kier alpha value is -2.47. The molecular formula is C17H17N5S. The predicted molar refractivity (Wildman–Crippen MR) is 92.6 cm³/mol. The van der Waals surface area contributed by atoms with Gasteiger partial charge < -0.3 is 9.55 Å². The molecule has 1 aromatic carbocycles. The molecule has 23 heavy (non-hydrogen) atoms. The van der Waals surface area contributed by atoms with Crippen LogP contribution in [0.15, 0.2) is 36.7 Å². The summed E-state index contributed by atoms with van der Waals surface area (Å²) < 4.78 is 2.13. The van der Waals surface area contributed by atoms with Gasteiger partial charge in [0.25, 0.3) is 0 Å². The van der Waals surface area contributed by atoms with Gasteiger partial charge in [0.15, 0.2) is 11.6 Å². The summed E-state index contributed by atoms with van der Waals surface area (Å²) in [5.74, 6) is 1.67. The van der Waals surface area contributed by atoms with E-state index in [0.717, 1.165) is 41.3 Å². The van der Waals surface area contributed by atoms with Crippen molar-refractivity contribution in [2.45, 2.75) is 26.8 Å². The van der Waals surface area contributed by atoms with E-state index in [9.17, 15) is 0 Å². The number of imidazole rings is 2. The van der Waals surface area contributed by atoms with Crippen molar-refractivity contribution >= 4 is 22.4 Å². The highest BCUT2D eigenvalue weighted by molar-refractivity contribution is 7.11. The summed E-state index contributed by atoms with van der Waals surface area (Å²) in [7, 11) is 0. The Bertz CT molecular complexity index is 910. The Balaban J connectivity index is 1.60. The van der Waals surface area contributed by atoms with Crippen molar-refractivity contribution in [1.29, 1.82) is 0 Å². The van der Waals surface area contributed by atoms with Crippen molar-refractivity contribution < 1.29 is 0 Å². The first-order valence-corrected chi connectivity index (χ1v) is 8.41. The van der Waals surface area contributed by atoms with Gasteiger partial charge in [0.2, 0.25) is 0 Å². The van der Waals surface area contributed by atoms with E-state index in [2.05, 4.69) is 38.4 Å². The molecule has 4 rings (SSSR count). The van der Waals surface area contributed by atoms with Crippen molar-refractivity contribution in [2.24, 2.45) is 0 Å². The first-order valence-electron chi connectivity index (χ1n) is 7.60. The van der Waals surface area contributed by atoms with Crippen LogP contribution in [-0.4, -0.2) is 24.5 Å². The minimum Gasteiger partial charge on any atom is -0.335 e. The van der Waals surface area contributed by atoms with E-state index in [1.165, 1.54) is 9.88 Å². The average Bonchev–Trinajstić information content (AvgIpc) is 3.24. The first kappa shape index (κ1) is 14.1. The summed E-state index contributed by atoms with van der Waals surface area (Å²) in [6, 6.07) is 8.03. The SMILES string of the molecule is Cc1nc(CCn2ccnc2-c2nc3ccccc3[nH]2)sc1C. The summed E-state index contributed by atoms with van der Waals surface area (Å²) in [6.45, 7) is 5.03. The molecule has 116 valence electrons. The van der Waals surface area contributed by atoms with E-state index >= 15 is 0 Å². The van der Waals surface area contributed by atoms with E-state index < -0.39 is 0 Å². The maximum absolute atomic E-state index is 4.64. The largest absolute Gasteiger partial charge is 0.335 e. The van der Waals surface area contributed by atoms with Crippen molar-refractivity contribution in [3.8, 4) is 11.6 Å². The quantitative estimate of drug-likeness (QED) is 0.622. The van der Waals surface area contributed by atoms with E-state index in [-0.39, 0.29) is 0 Å². The Morgan fingerprint density at radius 3 is 2.83 bits per heavy atom. The third kappa shape index (κ3) is 2.66. The number of H-pyrrole nitrogens is 1. The highest BCUT2D eigenvalue weighted by Gasteiger charge is 2.12. The lowest BCUT2D eigenvalue weighted by atomic mass is 10.3. The maximum Gasteiger partial charge on any atom is 0.176 e. The molecule has 0 radical (unpaired) electrons. The van der Waals surface area contributed by atoms with Gasteiger partial charge >= 0.3 is 0 Å². The first-order chi connectivity index (χ1) is 11.2. The number of nitrogens with one attached hydrogen (secondary N) is 1. The monoisotopic (exact) mass is 323 g/mol. The number of benzene rings is 1. The second kappa shape index (κ2) is 5.62. The summed E-state index contributed by atoms with van der Waals surface area (Å²) in [5, 5.41) is 1.17. The third-order valence-electron chi connectivity index (χ3n) is 3.96. The van der Waals surface area contributed by atoms with Gasteiger partial charge in [-0.25, -0.2) is 15.0 Å². The van der Waals surface area contributed by atoms with E-state index in [1.807, 2.05) is 36.7 Å². The van der Waals surface area contributed by atoms with Crippen LogP contribution in [0.2, 0.25) is 0 Å².